The highest BCUT2D eigenvalue weighted by molar-refractivity contribution is 7.89. The highest BCUT2D eigenvalue weighted by atomic mass is 32.2. The Morgan fingerprint density at radius 1 is 1.04 bits per heavy atom. The number of hydrogen-bond acceptors (Lipinski definition) is 4. The van der Waals surface area contributed by atoms with Gasteiger partial charge < -0.3 is 4.90 Å². The predicted octanol–water partition coefficient (Wildman–Crippen LogP) is 2.62. The second kappa shape index (κ2) is 8.82. The van der Waals surface area contributed by atoms with Gasteiger partial charge >= 0.3 is 0 Å². The van der Waals surface area contributed by atoms with Crippen molar-refractivity contribution in [2.75, 3.05) is 44.2 Å². The van der Waals surface area contributed by atoms with Crippen LogP contribution in [0.5, 0.6) is 0 Å². The van der Waals surface area contributed by atoms with Crippen molar-refractivity contribution in [2.45, 2.75) is 18.2 Å². The SMILES string of the molecule is Cc1cccc(N2CCN(CCCNS(=O)(=O)c3ccc(F)cc3)CC2)c1. The van der Waals surface area contributed by atoms with Gasteiger partial charge in [-0.1, -0.05) is 12.1 Å². The van der Waals surface area contributed by atoms with Crippen molar-refractivity contribution < 1.29 is 12.8 Å². The molecule has 0 radical (unpaired) electrons. The zero-order valence-corrected chi connectivity index (χ0v) is 16.4. The van der Waals surface area contributed by atoms with Crippen molar-refractivity contribution in [3.05, 3.63) is 59.9 Å². The van der Waals surface area contributed by atoms with Gasteiger partial charge in [0.05, 0.1) is 4.90 Å². The van der Waals surface area contributed by atoms with E-state index in [0.29, 0.717) is 6.54 Å². The molecule has 1 saturated heterocycles. The van der Waals surface area contributed by atoms with Gasteiger partial charge in [-0.05, 0) is 61.9 Å². The summed E-state index contributed by atoms with van der Waals surface area (Å²) in [6.45, 7) is 7.23. The van der Waals surface area contributed by atoms with E-state index < -0.39 is 15.8 Å². The van der Waals surface area contributed by atoms with Crippen LogP contribution in [-0.4, -0.2) is 52.6 Å². The molecule has 0 amide bonds. The summed E-state index contributed by atoms with van der Waals surface area (Å²) in [5, 5.41) is 0. The highest BCUT2D eigenvalue weighted by Crippen LogP contribution is 2.17. The van der Waals surface area contributed by atoms with Crippen LogP contribution in [0.25, 0.3) is 0 Å². The number of anilines is 1. The van der Waals surface area contributed by atoms with E-state index in [1.807, 2.05) is 0 Å². The maximum absolute atomic E-state index is 12.9. The Bertz CT molecular complexity index is 848. The van der Waals surface area contributed by atoms with Crippen LogP contribution in [-0.2, 0) is 10.0 Å². The fourth-order valence-electron chi connectivity index (χ4n) is 3.26. The fourth-order valence-corrected chi connectivity index (χ4v) is 4.33. The average Bonchev–Trinajstić information content (AvgIpc) is 2.66. The van der Waals surface area contributed by atoms with E-state index in [1.165, 1.54) is 23.4 Å². The number of nitrogens with one attached hydrogen (secondary N) is 1. The monoisotopic (exact) mass is 391 g/mol. The summed E-state index contributed by atoms with van der Waals surface area (Å²) in [5.74, 6) is -0.446. The molecule has 1 heterocycles. The van der Waals surface area contributed by atoms with Crippen molar-refractivity contribution in [3.8, 4) is 0 Å². The van der Waals surface area contributed by atoms with Crippen LogP contribution in [0.1, 0.15) is 12.0 Å². The summed E-state index contributed by atoms with van der Waals surface area (Å²) < 4.78 is 39.8. The summed E-state index contributed by atoms with van der Waals surface area (Å²) in [5.41, 5.74) is 2.53. The largest absolute Gasteiger partial charge is 0.369 e. The molecule has 3 rings (SSSR count). The highest BCUT2D eigenvalue weighted by Gasteiger charge is 2.18. The standard InChI is InChI=1S/C20H26FN3O2S/c1-17-4-2-5-19(16-17)24-14-12-23(13-15-24)11-3-10-22-27(25,26)20-8-6-18(21)7-9-20/h2,4-9,16,22H,3,10-15H2,1H3. The van der Waals surface area contributed by atoms with E-state index in [0.717, 1.165) is 51.3 Å². The first-order valence-electron chi connectivity index (χ1n) is 9.23. The number of aryl methyl sites for hydroxylation is 1. The average molecular weight is 392 g/mol. The van der Waals surface area contributed by atoms with Crippen molar-refractivity contribution in [1.82, 2.24) is 9.62 Å². The van der Waals surface area contributed by atoms with Gasteiger partial charge in [0.25, 0.3) is 0 Å². The van der Waals surface area contributed by atoms with Crippen LogP contribution >= 0.6 is 0 Å². The third kappa shape index (κ3) is 5.51. The minimum Gasteiger partial charge on any atom is -0.369 e. The summed E-state index contributed by atoms with van der Waals surface area (Å²) in [4.78, 5) is 4.84. The minimum atomic E-state index is -3.57. The van der Waals surface area contributed by atoms with Gasteiger partial charge in [-0.3, -0.25) is 4.90 Å². The second-order valence-corrected chi connectivity index (χ2v) is 8.64. The van der Waals surface area contributed by atoms with Crippen molar-refractivity contribution in [3.63, 3.8) is 0 Å². The molecule has 0 atom stereocenters. The number of halogens is 1. The summed E-state index contributed by atoms with van der Waals surface area (Å²) in [6, 6.07) is 13.4. The molecule has 0 unspecified atom stereocenters. The fraction of sp³-hybridized carbons (Fsp3) is 0.400. The molecule has 0 aliphatic carbocycles. The molecule has 2 aromatic rings. The first kappa shape index (κ1) is 19.8. The zero-order chi connectivity index (χ0) is 19.3. The number of sulfonamides is 1. The Kier molecular flexibility index (Phi) is 6.46. The van der Waals surface area contributed by atoms with Gasteiger partial charge in [-0.15, -0.1) is 0 Å². The molecular weight excluding hydrogens is 365 g/mol. The third-order valence-electron chi connectivity index (χ3n) is 4.81. The maximum atomic E-state index is 12.9. The van der Waals surface area contributed by atoms with Crippen LogP contribution in [0.2, 0.25) is 0 Å². The van der Waals surface area contributed by atoms with Crippen LogP contribution in [0, 0.1) is 12.7 Å². The zero-order valence-electron chi connectivity index (χ0n) is 15.6. The third-order valence-corrected chi connectivity index (χ3v) is 6.28. The molecule has 2 aromatic carbocycles. The second-order valence-electron chi connectivity index (χ2n) is 6.87. The van der Waals surface area contributed by atoms with Crippen molar-refractivity contribution >= 4 is 15.7 Å². The van der Waals surface area contributed by atoms with Gasteiger partial charge in [-0.25, -0.2) is 17.5 Å². The first-order valence-corrected chi connectivity index (χ1v) is 10.7. The molecule has 7 heteroatoms. The van der Waals surface area contributed by atoms with E-state index in [4.69, 9.17) is 0 Å². The lowest BCUT2D eigenvalue weighted by Crippen LogP contribution is -2.47. The number of piperazine rings is 1. The van der Waals surface area contributed by atoms with E-state index in [1.54, 1.807) is 0 Å². The van der Waals surface area contributed by atoms with Crippen molar-refractivity contribution in [1.29, 1.82) is 0 Å². The minimum absolute atomic E-state index is 0.0932. The number of benzene rings is 2. The van der Waals surface area contributed by atoms with Gasteiger partial charge in [0.1, 0.15) is 5.82 Å². The Morgan fingerprint density at radius 3 is 2.41 bits per heavy atom. The molecule has 146 valence electrons. The van der Waals surface area contributed by atoms with Crippen LogP contribution < -0.4 is 9.62 Å². The molecular formula is C20H26FN3O2S. The summed E-state index contributed by atoms with van der Waals surface area (Å²) in [6.07, 6.45) is 0.741. The lowest BCUT2D eigenvalue weighted by molar-refractivity contribution is 0.255. The first-order chi connectivity index (χ1) is 12.9. The smallest absolute Gasteiger partial charge is 0.240 e. The Morgan fingerprint density at radius 2 is 1.74 bits per heavy atom. The van der Waals surface area contributed by atoms with Gasteiger partial charge in [-0.2, -0.15) is 0 Å². The van der Waals surface area contributed by atoms with Gasteiger partial charge in [0.2, 0.25) is 10.0 Å². The Balaban J connectivity index is 1.40. The van der Waals surface area contributed by atoms with E-state index in [9.17, 15) is 12.8 Å². The lowest BCUT2D eigenvalue weighted by Gasteiger charge is -2.36. The van der Waals surface area contributed by atoms with Gasteiger partial charge in [0.15, 0.2) is 0 Å². The quantitative estimate of drug-likeness (QED) is 0.738. The molecule has 5 nitrogen and oxygen atoms in total. The molecule has 0 saturated carbocycles. The van der Waals surface area contributed by atoms with Gasteiger partial charge in [0, 0.05) is 38.4 Å². The number of hydrogen-bond donors (Lipinski definition) is 1. The molecule has 0 spiro atoms. The van der Waals surface area contributed by atoms with Crippen molar-refractivity contribution in [2.24, 2.45) is 0 Å². The molecule has 1 aliphatic rings. The topological polar surface area (TPSA) is 52.6 Å². The molecule has 1 N–H and O–H groups in total. The van der Waals surface area contributed by atoms with Crippen LogP contribution in [0.4, 0.5) is 10.1 Å². The molecule has 1 fully saturated rings. The summed E-state index contributed by atoms with van der Waals surface area (Å²) >= 11 is 0. The lowest BCUT2D eigenvalue weighted by atomic mass is 10.2. The molecule has 0 aromatic heterocycles. The van der Waals surface area contributed by atoms with E-state index >= 15 is 0 Å². The predicted molar refractivity (Wildman–Crippen MR) is 106 cm³/mol. The van der Waals surface area contributed by atoms with Crippen LogP contribution in [0.15, 0.2) is 53.4 Å². The molecule has 0 bridgehead atoms. The normalized spacial score (nSPS) is 15.9. The molecule has 27 heavy (non-hydrogen) atoms. The van der Waals surface area contributed by atoms with E-state index in [2.05, 4.69) is 45.7 Å². The van der Waals surface area contributed by atoms with E-state index in [-0.39, 0.29) is 4.90 Å². The number of nitrogens with zero attached hydrogens (tertiary/aromatic N) is 2. The maximum Gasteiger partial charge on any atom is 0.240 e. The Hall–Kier alpha value is -1.96. The number of rotatable bonds is 7. The van der Waals surface area contributed by atoms with Crippen LogP contribution in [0.3, 0.4) is 0 Å². The summed E-state index contributed by atoms with van der Waals surface area (Å²) in [7, 11) is -3.57. The Labute approximate surface area is 160 Å². The molecule has 1 aliphatic heterocycles.